The van der Waals surface area contributed by atoms with Gasteiger partial charge in [0.2, 0.25) is 5.78 Å². The molecule has 0 saturated carbocycles. The maximum absolute atomic E-state index is 12.5. The molecule has 1 heterocycles. The lowest BCUT2D eigenvalue weighted by atomic mass is 9.89. The van der Waals surface area contributed by atoms with E-state index in [1.54, 1.807) is 24.3 Å². The van der Waals surface area contributed by atoms with E-state index in [0.29, 0.717) is 23.6 Å². The van der Waals surface area contributed by atoms with Crippen LogP contribution in [-0.4, -0.2) is 27.8 Å². The van der Waals surface area contributed by atoms with Gasteiger partial charge in [-0.1, -0.05) is 20.8 Å². The number of ketones is 1. The number of nitrogens with zero attached hydrogens (tertiary/aromatic N) is 2. The number of ether oxygens (including phenoxy) is 1. The summed E-state index contributed by atoms with van der Waals surface area (Å²) in [4.78, 5) is 12.5. The van der Waals surface area contributed by atoms with Crippen molar-refractivity contribution in [1.82, 2.24) is 15.4 Å². The molecule has 0 atom stereocenters. The molecule has 0 spiro atoms. The molecule has 5 heteroatoms. The van der Waals surface area contributed by atoms with E-state index in [2.05, 4.69) is 15.4 Å². The van der Waals surface area contributed by atoms with E-state index >= 15 is 0 Å². The molecule has 1 aromatic heterocycles. The van der Waals surface area contributed by atoms with Crippen molar-refractivity contribution < 1.29 is 9.53 Å². The van der Waals surface area contributed by atoms with E-state index in [1.807, 2.05) is 27.7 Å². The molecule has 2 aromatic rings. The second kappa shape index (κ2) is 5.45. The zero-order chi connectivity index (χ0) is 14.8. The van der Waals surface area contributed by atoms with Gasteiger partial charge in [-0.3, -0.25) is 4.79 Å². The van der Waals surface area contributed by atoms with Gasteiger partial charge in [0.1, 0.15) is 5.75 Å². The highest BCUT2D eigenvalue weighted by Crippen LogP contribution is 2.24. The molecular weight excluding hydrogens is 254 g/mol. The van der Waals surface area contributed by atoms with Crippen LogP contribution >= 0.6 is 0 Å². The molecule has 2 rings (SSSR count). The molecule has 1 N–H and O–H groups in total. The number of rotatable bonds is 4. The standard InChI is InChI=1S/C15H19N3O2/c1-5-20-11-8-6-10(7-9-11)13(19)12-14(15(2,3)4)17-18-16-12/h6-9H,5H2,1-4H3,(H,16,17,18). The summed E-state index contributed by atoms with van der Waals surface area (Å²) >= 11 is 0. The molecule has 0 radical (unpaired) electrons. The van der Waals surface area contributed by atoms with Crippen LogP contribution in [0.25, 0.3) is 0 Å². The van der Waals surface area contributed by atoms with Crippen LogP contribution in [0.4, 0.5) is 0 Å². The van der Waals surface area contributed by atoms with Crippen LogP contribution in [0, 0.1) is 0 Å². The van der Waals surface area contributed by atoms with Crippen molar-refractivity contribution in [2.24, 2.45) is 0 Å². The smallest absolute Gasteiger partial charge is 0.215 e. The molecule has 0 bridgehead atoms. The monoisotopic (exact) mass is 273 g/mol. The van der Waals surface area contributed by atoms with Crippen molar-refractivity contribution in [3.8, 4) is 5.75 Å². The van der Waals surface area contributed by atoms with Crippen molar-refractivity contribution >= 4 is 5.78 Å². The largest absolute Gasteiger partial charge is 0.494 e. The van der Waals surface area contributed by atoms with E-state index in [1.165, 1.54) is 0 Å². The minimum absolute atomic E-state index is 0.133. The lowest BCUT2D eigenvalue weighted by molar-refractivity contribution is 0.103. The molecule has 0 amide bonds. The highest BCUT2D eigenvalue weighted by Gasteiger charge is 2.26. The Bertz CT molecular complexity index is 594. The summed E-state index contributed by atoms with van der Waals surface area (Å²) < 4.78 is 5.36. The second-order valence-electron chi connectivity index (χ2n) is 5.56. The molecule has 0 aliphatic carbocycles. The fraction of sp³-hybridized carbons (Fsp3) is 0.400. The second-order valence-corrected chi connectivity index (χ2v) is 5.56. The molecule has 0 aliphatic rings. The summed E-state index contributed by atoms with van der Waals surface area (Å²) in [6, 6.07) is 7.06. The summed E-state index contributed by atoms with van der Waals surface area (Å²) in [5.41, 5.74) is 1.40. The van der Waals surface area contributed by atoms with E-state index in [9.17, 15) is 4.79 Å². The number of nitrogens with one attached hydrogen (secondary N) is 1. The van der Waals surface area contributed by atoms with E-state index in [-0.39, 0.29) is 11.2 Å². The fourth-order valence-electron chi connectivity index (χ4n) is 1.92. The van der Waals surface area contributed by atoms with Gasteiger partial charge in [-0.25, -0.2) is 0 Å². The Balaban J connectivity index is 2.30. The van der Waals surface area contributed by atoms with Gasteiger partial charge in [0.15, 0.2) is 5.69 Å². The predicted molar refractivity (Wildman–Crippen MR) is 76.1 cm³/mol. The summed E-state index contributed by atoms with van der Waals surface area (Å²) in [6.45, 7) is 8.52. The molecule has 1 aromatic carbocycles. The van der Waals surface area contributed by atoms with Gasteiger partial charge in [-0.05, 0) is 31.2 Å². The fourth-order valence-corrected chi connectivity index (χ4v) is 1.92. The molecule has 0 saturated heterocycles. The van der Waals surface area contributed by atoms with Gasteiger partial charge in [0.25, 0.3) is 0 Å². The average molecular weight is 273 g/mol. The number of hydrogen-bond donors (Lipinski definition) is 1. The van der Waals surface area contributed by atoms with Crippen molar-refractivity contribution in [1.29, 1.82) is 0 Å². The molecule has 5 nitrogen and oxygen atoms in total. The minimum Gasteiger partial charge on any atom is -0.494 e. The third-order valence-electron chi connectivity index (χ3n) is 2.90. The van der Waals surface area contributed by atoms with Crippen molar-refractivity contribution in [3.63, 3.8) is 0 Å². The molecule has 0 aliphatic heterocycles. The quantitative estimate of drug-likeness (QED) is 0.870. The molecule has 0 unspecified atom stereocenters. The number of carbonyl (C=O) groups excluding carboxylic acids is 1. The van der Waals surface area contributed by atoms with E-state index in [4.69, 9.17) is 4.74 Å². The number of benzene rings is 1. The van der Waals surface area contributed by atoms with Crippen molar-refractivity contribution in [2.45, 2.75) is 33.1 Å². The van der Waals surface area contributed by atoms with Crippen molar-refractivity contribution in [3.05, 3.63) is 41.2 Å². The van der Waals surface area contributed by atoms with E-state index in [0.717, 1.165) is 5.75 Å². The van der Waals surface area contributed by atoms with Crippen LogP contribution in [-0.2, 0) is 5.41 Å². The predicted octanol–water partition coefficient (Wildman–Crippen LogP) is 2.73. The van der Waals surface area contributed by atoms with Crippen LogP contribution in [0.3, 0.4) is 0 Å². The first-order valence-electron chi connectivity index (χ1n) is 6.62. The number of H-pyrrole nitrogens is 1. The highest BCUT2D eigenvalue weighted by molar-refractivity contribution is 6.08. The van der Waals surface area contributed by atoms with Crippen LogP contribution < -0.4 is 4.74 Å². The van der Waals surface area contributed by atoms with E-state index < -0.39 is 0 Å². The Labute approximate surface area is 118 Å². The van der Waals surface area contributed by atoms with Gasteiger partial charge in [0.05, 0.1) is 12.3 Å². The third kappa shape index (κ3) is 2.87. The minimum atomic E-state index is -0.233. The van der Waals surface area contributed by atoms with Crippen LogP contribution in [0.2, 0.25) is 0 Å². The Kier molecular flexibility index (Phi) is 3.88. The zero-order valence-electron chi connectivity index (χ0n) is 12.2. The van der Waals surface area contributed by atoms with Crippen molar-refractivity contribution in [2.75, 3.05) is 6.61 Å². The average Bonchev–Trinajstić information content (AvgIpc) is 2.88. The Morgan fingerprint density at radius 3 is 2.40 bits per heavy atom. The van der Waals surface area contributed by atoms with Gasteiger partial charge in [0, 0.05) is 11.0 Å². The number of aromatic nitrogens is 3. The Morgan fingerprint density at radius 1 is 1.20 bits per heavy atom. The van der Waals surface area contributed by atoms with Crippen LogP contribution in [0.5, 0.6) is 5.75 Å². The Hall–Kier alpha value is -2.17. The normalized spacial score (nSPS) is 11.4. The molecule has 0 fully saturated rings. The molecule has 20 heavy (non-hydrogen) atoms. The van der Waals surface area contributed by atoms with Gasteiger partial charge < -0.3 is 4.74 Å². The number of aromatic amines is 1. The van der Waals surface area contributed by atoms with Gasteiger partial charge in [-0.2, -0.15) is 15.4 Å². The van der Waals surface area contributed by atoms with Crippen LogP contribution in [0.15, 0.2) is 24.3 Å². The molecular formula is C15H19N3O2. The summed E-state index contributed by atoms with van der Waals surface area (Å²) in [5, 5.41) is 10.6. The lowest BCUT2D eigenvalue weighted by Crippen LogP contribution is -2.17. The topological polar surface area (TPSA) is 67.9 Å². The lowest BCUT2D eigenvalue weighted by Gasteiger charge is -2.15. The number of hydrogen-bond acceptors (Lipinski definition) is 4. The summed E-state index contributed by atoms with van der Waals surface area (Å²) in [6.07, 6.45) is 0. The summed E-state index contributed by atoms with van der Waals surface area (Å²) in [5.74, 6) is 0.618. The maximum atomic E-state index is 12.5. The third-order valence-corrected chi connectivity index (χ3v) is 2.90. The SMILES string of the molecule is CCOc1ccc(C(=O)c2n[nH]nc2C(C)(C)C)cc1. The van der Waals surface area contributed by atoms with Gasteiger partial charge in [-0.15, -0.1) is 0 Å². The first kappa shape index (κ1) is 14.2. The summed E-state index contributed by atoms with van der Waals surface area (Å²) in [7, 11) is 0. The first-order valence-corrected chi connectivity index (χ1v) is 6.62. The first-order chi connectivity index (χ1) is 9.43. The Morgan fingerprint density at radius 2 is 1.85 bits per heavy atom. The van der Waals surface area contributed by atoms with Crippen LogP contribution in [0.1, 0.15) is 49.4 Å². The zero-order valence-corrected chi connectivity index (χ0v) is 12.2. The molecule has 106 valence electrons. The highest BCUT2D eigenvalue weighted by atomic mass is 16.5. The maximum Gasteiger partial charge on any atom is 0.215 e. The van der Waals surface area contributed by atoms with Gasteiger partial charge >= 0.3 is 0 Å². The number of carbonyl (C=O) groups is 1.